The van der Waals surface area contributed by atoms with E-state index in [1.165, 1.54) is 48.0 Å². The predicted molar refractivity (Wildman–Crippen MR) is 106 cm³/mol. The molecule has 0 aliphatic carbocycles. The normalized spacial score (nSPS) is 19.2. The van der Waals surface area contributed by atoms with Gasteiger partial charge in [0.1, 0.15) is 5.65 Å². The largest absolute Gasteiger partial charge is 0.329 e. The van der Waals surface area contributed by atoms with Crippen LogP contribution in [0.5, 0.6) is 0 Å². The van der Waals surface area contributed by atoms with E-state index >= 15 is 0 Å². The summed E-state index contributed by atoms with van der Waals surface area (Å²) in [4.78, 5) is 11.8. The Morgan fingerprint density at radius 1 is 1.19 bits per heavy atom. The van der Waals surface area contributed by atoms with Crippen LogP contribution in [-0.4, -0.2) is 32.0 Å². The fourth-order valence-corrected chi connectivity index (χ4v) is 4.59. The second-order valence-electron chi connectivity index (χ2n) is 7.48. The second-order valence-corrected chi connectivity index (χ2v) is 7.48. The minimum atomic E-state index is 0. The molecule has 1 saturated heterocycles. The van der Waals surface area contributed by atoms with E-state index in [2.05, 4.69) is 38.7 Å². The lowest BCUT2D eigenvalue weighted by Gasteiger charge is -2.30. The third-order valence-corrected chi connectivity index (χ3v) is 5.93. The molecule has 5 rings (SSSR count). The van der Waals surface area contributed by atoms with Gasteiger partial charge in [-0.3, -0.25) is 9.88 Å². The second kappa shape index (κ2) is 6.84. The van der Waals surface area contributed by atoms with Crippen LogP contribution in [0.1, 0.15) is 42.8 Å². The zero-order valence-corrected chi connectivity index (χ0v) is 14.8. The van der Waals surface area contributed by atoms with Gasteiger partial charge in [-0.15, -0.1) is 0 Å². The van der Waals surface area contributed by atoms with Gasteiger partial charge in [-0.05, 0) is 62.1 Å². The lowest BCUT2D eigenvalue weighted by atomic mass is 9.99. The maximum atomic E-state index is 4.74. The van der Waals surface area contributed by atoms with E-state index in [-0.39, 0.29) is 7.43 Å². The van der Waals surface area contributed by atoms with Gasteiger partial charge in [-0.1, -0.05) is 13.5 Å². The Balaban J connectivity index is 0.00000168. The first-order valence-electron chi connectivity index (χ1n) is 9.40. The molecule has 3 aromatic rings. The van der Waals surface area contributed by atoms with Crippen molar-refractivity contribution in [2.75, 3.05) is 6.54 Å². The van der Waals surface area contributed by atoms with Crippen LogP contribution < -0.4 is 0 Å². The van der Waals surface area contributed by atoms with Crippen LogP contribution in [0.4, 0.5) is 0 Å². The minimum Gasteiger partial charge on any atom is -0.329 e. The van der Waals surface area contributed by atoms with Crippen molar-refractivity contribution < 1.29 is 0 Å². The summed E-state index contributed by atoms with van der Waals surface area (Å²) < 4.78 is 2.49. The molecule has 136 valence electrons. The molecular formula is C22H28N4. The summed E-state index contributed by atoms with van der Waals surface area (Å²) in [5, 5.41) is 1.35. The molecule has 2 aliphatic rings. The molecule has 1 unspecified atom stereocenters. The number of nitrogens with zero attached hydrogens (tertiary/aromatic N) is 4. The molecule has 3 aromatic heterocycles. The molecule has 0 aromatic carbocycles. The van der Waals surface area contributed by atoms with Crippen LogP contribution in [-0.2, 0) is 25.9 Å². The summed E-state index contributed by atoms with van der Waals surface area (Å²) >= 11 is 0. The molecule has 0 amide bonds. The molecule has 5 heterocycles. The molecule has 26 heavy (non-hydrogen) atoms. The van der Waals surface area contributed by atoms with E-state index in [9.17, 15) is 0 Å². The van der Waals surface area contributed by atoms with Crippen LogP contribution in [0.3, 0.4) is 0 Å². The van der Waals surface area contributed by atoms with Gasteiger partial charge in [0.15, 0.2) is 0 Å². The monoisotopic (exact) mass is 348 g/mol. The standard InChI is InChI=1S/C21H24N4.CH4/c1-15-6-7-16(13-23-15)8-11-25-20-12-17-4-3-10-24(17)14-19(20)18-5-2-9-22-21(18)25;/h2,5-7,9,13,17H,3-4,8,10-12,14H2,1H3;1H4. The molecule has 4 nitrogen and oxygen atoms in total. The molecule has 1 fully saturated rings. The van der Waals surface area contributed by atoms with Crippen LogP contribution in [0.15, 0.2) is 36.7 Å². The fourth-order valence-electron chi connectivity index (χ4n) is 4.59. The number of pyridine rings is 2. The molecule has 0 saturated carbocycles. The average molecular weight is 348 g/mol. The molecule has 1 atom stereocenters. The molecule has 2 aliphatic heterocycles. The summed E-state index contributed by atoms with van der Waals surface area (Å²) in [6.07, 6.45) is 8.82. The van der Waals surface area contributed by atoms with Crippen LogP contribution in [0.2, 0.25) is 0 Å². The molecule has 0 spiro atoms. The van der Waals surface area contributed by atoms with Crippen molar-refractivity contribution in [3.63, 3.8) is 0 Å². The summed E-state index contributed by atoms with van der Waals surface area (Å²) in [7, 11) is 0. The van der Waals surface area contributed by atoms with Gasteiger partial charge in [-0.25, -0.2) is 4.98 Å². The van der Waals surface area contributed by atoms with Crippen molar-refractivity contribution >= 4 is 11.0 Å². The Hall–Kier alpha value is -2.20. The van der Waals surface area contributed by atoms with Crippen molar-refractivity contribution in [2.24, 2.45) is 0 Å². The topological polar surface area (TPSA) is 34.0 Å². The SMILES string of the molecule is C.Cc1ccc(CCn2c3c(c4cccnc42)CN2CCCC2C3)cn1. The van der Waals surface area contributed by atoms with Crippen molar-refractivity contribution in [3.05, 3.63) is 59.2 Å². The van der Waals surface area contributed by atoms with Crippen LogP contribution in [0.25, 0.3) is 11.0 Å². The van der Waals surface area contributed by atoms with Crippen molar-refractivity contribution in [2.45, 2.75) is 59.2 Å². The summed E-state index contributed by atoms with van der Waals surface area (Å²) in [6.45, 7) is 5.38. The maximum Gasteiger partial charge on any atom is 0.140 e. The third-order valence-electron chi connectivity index (χ3n) is 5.93. The zero-order chi connectivity index (χ0) is 16.8. The van der Waals surface area contributed by atoms with E-state index in [4.69, 9.17) is 4.98 Å². The van der Waals surface area contributed by atoms with E-state index < -0.39 is 0 Å². The minimum absolute atomic E-state index is 0. The van der Waals surface area contributed by atoms with Crippen molar-refractivity contribution in [1.29, 1.82) is 0 Å². The van der Waals surface area contributed by atoms with Crippen molar-refractivity contribution in [1.82, 2.24) is 19.4 Å². The summed E-state index contributed by atoms with van der Waals surface area (Å²) in [6, 6.07) is 9.37. The lowest BCUT2D eigenvalue weighted by molar-refractivity contribution is 0.224. The van der Waals surface area contributed by atoms with E-state index in [1.54, 1.807) is 0 Å². The third kappa shape index (κ3) is 2.82. The number of aromatic nitrogens is 3. The number of hydrogen-bond donors (Lipinski definition) is 0. The van der Waals surface area contributed by atoms with Gasteiger partial charge in [0, 0.05) is 54.7 Å². The van der Waals surface area contributed by atoms with E-state index in [0.29, 0.717) is 0 Å². The zero-order valence-electron chi connectivity index (χ0n) is 14.8. The quantitative estimate of drug-likeness (QED) is 0.713. The molecule has 0 radical (unpaired) electrons. The van der Waals surface area contributed by atoms with E-state index in [0.717, 1.165) is 36.9 Å². The van der Waals surface area contributed by atoms with Crippen LogP contribution in [0, 0.1) is 6.92 Å². The first-order chi connectivity index (χ1) is 12.3. The first-order valence-corrected chi connectivity index (χ1v) is 9.40. The number of fused-ring (bicyclic) bond motifs is 4. The Kier molecular flexibility index (Phi) is 4.53. The highest BCUT2D eigenvalue weighted by atomic mass is 15.2. The Morgan fingerprint density at radius 3 is 2.96 bits per heavy atom. The Morgan fingerprint density at radius 2 is 2.12 bits per heavy atom. The fraction of sp³-hybridized carbons (Fsp3) is 0.455. The summed E-state index contributed by atoms with van der Waals surface area (Å²) in [5.41, 5.74) is 6.58. The van der Waals surface area contributed by atoms with Crippen LogP contribution >= 0.6 is 0 Å². The Labute approximate surface area is 155 Å². The smallest absolute Gasteiger partial charge is 0.140 e. The van der Waals surface area contributed by atoms with Gasteiger partial charge < -0.3 is 4.57 Å². The average Bonchev–Trinajstić information content (AvgIpc) is 3.22. The summed E-state index contributed by atoms with van der Waals surface area (Å²) in [5.74, 6) is 0. The molecule has 0 bridgehead atoms. The van der Waals surface area contributed by atoms with Gasteiger partial charge in [0.2, 0.25) is 0 Å². The lowest BCUT2D eigenvalue weighted by Crippen LogP contribution is -2.35. The molecular weight excluding hydrogens is 320 g/mol. The highest BCUT2D eigenvalue weighted by Gasteiger charge is 2.33. The number of rotatable bonds is 3. The Bertz CT molecular complexity index is 910. The number of hydrogen-bond acceptors (Lipinski definition) is 3. The van der Waals surface area contributed by atoms with Crippen molar-refractivity contribution in [3.8, 4) is 0 Å². The first kappa shape index (κ1) is 17.2. The van der Waals surface area contributed by atoms with Gasteiger partial charge >= 0.3 is 0 Å². The highest BCUT2D eigenvalue weighted by molar-refractivity contribution is 5.82. The molecule has 0 N–H and O–H groups in total. The highest BCUT2D eigenvalue weighted by Crippen LogP contribution is 2.35. The van der Waals surface area contributed by atoms with Gasteiger partial charge in [0.25, 0.3) is 0 Å². The molecule has 4 heteroatoms. The number of aryl methyl sites for hydroxylation is 3. The van der Waals surface area contributed by atoms with Gasteiger partial charge in [0.05, 0.1) is 0 Å². The predicted octanol–water partition coefficient (Wildman–Crippen LogP) is 4.14. The van der Waals surface area contributed by atoms with E-state index in [1.807, 2.05) is 19.3 Å². The van der Waals surface area contributed by atoms with Gasteiger partial charge in [-0.2, -0.15) is 0 Å². The maximum absolute atomic E-state index is 4.74.